The highest BCUT2D eigenvalue weighted by molar-refractivity contribution is 9.10. The highest BCUT2D eigenvalue weighted by atomic mass is 79.9. The molecule has 1 aromatic heterocycles. The van der Waals surface area contributed by atoms with Gasteiger partial charge >= 0.3 is 0 Å². The fourth-order valence-corrected chi connectivity index (χ4v) is 5.20. The van der Waals surface area contributed by atoms with Gasteiger partial charge in [-0.2, -0.15) is 0 Å². The van der Waals surface area contributed by atoms with Crippen molar-refractivity contribution in [2.75, 3.05) is 5.75 Å². The number of rotatable bonds is 3. The molecule has 0 radical (unpaired) electrons. The van der Waals surface area contributed by atoms with Crippen LogP contribution in [0.3, 0.4) is 0 Å². The first kappa shape index (κ1) is 14.0. The number of hydrogen-bond acceptors (Lipinski definition) is 4. The smallest absolute Gasteiger partial charge is 0.238 e. The molecule has 2 heterocycles. The van der Waals surface area contributed by atoms with Crippen LogP contribution in [-0.4, -0.2) is 25.3 Å². The van der Waals surface area contributed by atoms with E-state index in [1.165, 1.54) is 11.3 Å². The van der Waals surface area contributed by atoms with E-state index in [1.54, 1.807) is 0 Å². The summed E-state index contributed by atoms with van der Waals surface area (Å²) >= 11 is 4.86. The molecule has 2 rings (SSSR count). The first-order valence-corrected chi connectivity index (χ1v) is 9.10. The average molecular weight is 352 g/mol. The summed E-state index contributed by atoms with van der Waals surface area (Å²) in [4.78, 5) is 12.9. The van der Waals surface area contributed by atoms with Gasteiger partial charge in [0.1, 0.15) is 5.25 Å². The summed E-state index contributed by atoms with van der Waals surface area (Å²) in [6.07, 6.45) is 1.92. The van der Waals surface area contributed by atoms with E-state index < -0.39 is 15.1 Å². The van der Waals surface area contributed by atoms with Crippen LogP contribution in [0.4, 0.5) is 0 Å². The molecule has 1 aromatic rings. The van der Waals surface area contributed by atoms with Gasteiger partial charge in [0, 0.05) is 14.7 Å². The van der Waals surface area contributed by atoms with Crippen LogP contribution in [-0.2, 0) is 21.2 Å². The molecule has 1 aliphatic heterocycles. The second-order valence-corrected chi connectivity index (χ2v) is 8.51. The normalized spacial score (nSPS) is 22.6. The summed E-state index contributed by atoms with van der Waals surface area (Å²) < 4.78 is 24.5. The maximum Gasteiger partial charge on any atom is 0.238 e. The van der Waals surface area contributed by atoms with Crippen LogP contribution in [0, 0.1) is 0 Å². The van der Waals surface area contributed by atoms with Crippen molar-refractivity contribution in [1.82, 2.24) is 5.32 Å². The predicted molar refractivity (Wildman–Crippen MR) is 75.3 cm³/mol. The van der Waals surface area contributed by atoms with Gasteiger partial charge in [-0.05, 0) is 34.8 Å². The van der Waals surface area contributed by atoms with Gasteiger partial charge in [-0.25, -0.2) is 8.42 Å². The first-order chi connectivity index (χ1) is 8.49. The van der Waals surface area contributed by atoms with Crippen molar-refractivity contribution in [1.29, 1.82) is 0 Å². The Morgan fingerprint density at radius 3 is 2.89 bits per heavy atom. The zero-order valence-electron chi connectivity index (χ0n) is 9.69. The number of nitrogens with one attached hydrogen (secondary N) is 1. The van der Waals surface area contributed by atoms with Crippen molar-refractivity contribution in [2.24, 2.45) is 0 Å². The molecule has 0 bridgehead atoms. The van der Waals surface area contributed by atoms with Crippen LogP contribution in [0.1, 0.15) is 24.1 Å². The SMILES string of the molecule is O=C(NCc1cc(Br)cs1)C1CCCCS1(=O)=O. The van der Waals surface area contributed by atoms with Crippen LogP contribution in [0.5, 0.6) is 0 Å². The van der Waals surface area contributed by atoms with Crippen LogP contribution in [0.15, 0.2) is 15.9 Å². The third kappa shape index (κ3) is 3.33. The lowest BCUT2D eigenvalue weighted by Crippen LogP contribution is -2.42. The van der Waals surface area contributed by atoms with Gasteiger partial charge in [-0.3, -0.25) is 4.79 Å². The monoisotopic (exact) mass is 351 g/mol. The number of hydrogen-bond donors (Lipinski definition) is 1. The molecule has 0 saturated carbocycles. The minimum atomic E-state index is -3.24. The third-order valence-corrected chi connectivity index (χ3v) is 6.80. The number of halogens is 1. The Morgan fingerprint density at radius 2 is 2.28 bits per heavy atom. The van der Waals surface area contributed by atoms with E-state index in [0.717, 1.165) is 15.8 Å². The Bertz CT molecular complexity index is 538. The largest absolute Gasteiger partial charge is 0.350 e. The summed E-state index contributed by atoms with van der Waals surface area (Å²) in [5, 5.41) is 3.79. The highest BCUT2D eigenvalue weighted by Gasteiger charge is 2.34. The van der Waals surface area contributed by atoms with Crippen molar-refractivity contribution in [2.45, 2.75) is 31.1 Å². The van der Waals surface area contributed by atoms with E-state index in [-0.39, 0.29) is 11.7 Å². The molecular weight excluding hydrogens is 338 g/mol. The van der Waals surface area contributed by atoms with Gasteiger partial charge in [-0.1, -0.05) is 6.42 Å². The number of sulfone groups is 1. The Balaban J connectivity index is 1.95. The van der Waals surface area contributed by atoms with Crippen LogP contribution >= 0.6 is 27.3 Å². The fraction of sp³-hybridized carbons (Fsp3) is 0.545. The van der Waals surface area contributed by atoms with Crippen molar-refractivity contribution < 1.29 is 13.2 Å². The molecule has 100 valence electrons. The molecule has 1 unspecified atom stereocenters. The number of carbonyl (C=O) groups is 1. The molecule has 4 nitrogen and oxygen atoms in total. The molecule has 18 heavy (non-hydrogen) atoms. The predicted octanol–water partition coefficient (Wildman–Crippen LogP) is 2.09. The quantitative estimate of drug-likeness (QED) is 0.906. The zero-order chi connectivity index (χ0) is 13.2. The molecular formula is C11H14BrNO3S2. The lowest BCUT2D eigenvalue weighted by atomic mass is 10.2. The van der Waals surface area contributed by atoms with Gasteiger partial charge in [0.2, 0.25) is 5.91 Å². The maximum absolute atomic E-state index is 11.9. The Hall–Kier alpha value is -0.400. The number of thiophene rings is 1. The standard InChI is InChI=1S/C11H14BrNO3S2/c12-8-5-9(17-7-8)6-13-11(14)10-3-1-2-4-18(10,15)16/h5,7,10H,1-4,6H2,(H,13,14). The van der Waals surface area contributed by atoms with E-state index >= 15 is 0 Å². The number of amides is 1. The molecule has 0 aromatic carbocycles. The van der Waals surface area contributed by atoms with E-state index in [1.807, 2.05) is 11.4 Å². The molecule has 0 aliphatic carbocycles. The Morgan fingerprint density at radius 1 is 1.50 bits per heavy atom. The Labute approximate surface area is 119 Å². The summed E-state index contributed by atoms with van der Waals surface area (Å²) in [5.74, 6) is -0.227. The maximum atomic E-state index is 11.9. The molecule has 0 spiro atoms. The van der Waals surface area contributed by atoms with E-state index in [0.29, 0.717) is 19.4 Å². The van der Waals surface area contributed by atoms with Crippen molar-refractivity contribution in [3.05, 3.63) is 20.8 Å². The Kier molecular flexibility index (Phi) is 4.45. The topological polar surface area (TPSA) is 63.2 Å². The molecule has 1 aliphatic rings. The summed E-state index contributed by atoms with van der Waals surface area (Å²) in [5.41, 5.74) is 0. The van der Waals surface area contributed by atoms with Crippen molar-refractivity contribution in [3.8, 4) is 0 Å². The van der Waals surface area contributed by atoms with Crippen molar-refractivity contribution >= 4 is 43.0 Å². The van der Waals surface area contributed by atoms with Gasteiger partial charge in [0.15, 0.2) is 9.84 Å². The molecule has 7 heteroatoms. The van der Waals surface area contributed by atoms with Crippen LogP contribution in [0.25, 0.3) is 0 Å². The first-order valence-electron chi connectivity index (χ1n) is 5.71. The molecule has 1 atom stereocenters. The van der Waals surface area contributed by atoms with Gasteiger partial charge in [-0.15, -0.1) is 11.3 Å². The van der Waals surface area contributed by atoms with E-state index in [4.69, 9.17) is 0 Å². The minimum absolute atomic E-state index is 0.135. The molecule has 1 N–H and O–H groups in total. The number of carbonyl (C=O) groups excluding carboxylic acids is 1. The van der Waals surface area contributed by atoms with Crippen molar-refractivity contribution in [3.63, 3.8) is 0 Å². The van der Waals surface area contributed by atoms with E-state index in [9.17, 15) is 13.2 Å². The van der Waals surface area contributed by atoms with Crippen LogP contribution in [0.2, 0.25) is 0 Å². The summed E-state index contributed by atoms with van der Waals surface area (Å²) in [6, 6.07) is 1.92. The fourth-order valence-electron chi connectivity index (χ4n) is 1.98. The highest BCUT2D eigenvalue weighted by Crippen LogP contribution is 2.21. The second-order valence-electron chi connectivity index (χ2n) is 4.30. The van der Waals surface area contributed by atoms with Gasteiger partial charge in [0.25, 0.3) is 0 Å². The lowest BCUT2D eigenvalue weighted by Gasteiger charge is -2.21. The zero-order valence-corrected chi connectivity index (χ0v) is 12.9. The van der Waals surface area contributed by atoms with Crippen LogP contribution < -0.4 is 5.32 Å². The van der Waals surface area contributed by atoms with Gasteiger partial charge < -0.3 is 5.32 Å². The summed E-state index contributed by atoms with van der Waals surface area (Å²) in [7, 11) is -3.24. The van der Waals surface area contributed by atoms with Gasteiger partial charge in [0.05, 0.1) is 12.3 Å². The average Bonchev–Trinajstić information content (AvgIpc) is 2.71. The van der Waals surface area contributed by atoms with E-state index in [2.05, 4.69) is 21.2 Å². The molecule has 1 fully saturated rings. The molecule has 1 amide bonds. The summed E-state index contributed by atoms with van der Waals surface area (Å²) in [6.45, 7) is 0.390. The minimum Gasteiger partial charge on any atom is -0.350 e. The molecule has 1 saturated heterocycles. The second kappa shape index (κ2) is 5.71. The lowest BCUT2D eigenvalue weighted by molar-refractivity contribution is -0.121. The third-order valence-electron chi connectivity index (χ3n) is 2.93.